The minimum absolute atomic E-state index is 0.0239. The fraction of sp³-hybridized carbons (Fsp3) is 0.160. The number of rotatable bonds is 6. The van der Waals surface area contributed by atoms with Crippen molar-refractivity contribution < 1.29 is 18.8 Å². The Morgan fingerprint density at radius 2 is 1.64 bits per heavy atom. The van der Waals surface area contributed by atoms with E-state index in [0.717, 1.165) is 10.5 Å². The number of carbonyl (C=O) groups excluding carboxylic acids is 3. The Labute approximate surface area is 200 Å². The van der Waals surface area contributed by atoms with Crippen molar-refractivity contribution in [3.05, 3.63) is 99.8 Å². The number of halogens is 3. The van der Waals surface area contributed by atoms with Crippen LogP contribution in [0.1, 0.15) is 17.5 Å². The van der Waals surface area contributed by atoms with Crippen LogP contribution in [0, 0.1) is 5.82 Å². The van der Waals surface area contributed by atoms with E-state index in [1.165, 1.54) is 29.2 Å². The first kappa shape index (κ1) is 23.0. The lowest BCUT2D eigenvalue weighted by Gasteiger charge is -2.28. The number of imide groups is 1. The lowest BCUT2D eigenvalue weighted by atomic mass is 10.1. The predicted octanol–water partition coefficient (Wildman–Crippen LogP) is 5.04. The quantitative estimate of drug-likeness (QED) is 0.460. The van der Waals surface area contributed by atoms with Crippen LogP contribution >= 0.6 is 23.2 Å². The van der Waals surface area contributed by atoms with Crippen molar-refractivity contribution in [3.63, 3.8) is 0 Å². The molecule has 1 atom stereocenters. The number of carbonyl (C=O) groups is 3. The molecule has 1 fully saturated rings. The Kier molecular flexibility index (Phi) is 6.77. The predicted molar refractivity (Wildman–Crippen MR) is 124 cm³/mol. The van der Waals surface area contributed by atoms with Gasteiger partial charge in [0.1, 0.15) is 11.9 Å². The monoisotopic (exact) mass is 484 g/mol. The van der Waals surface area contributed by atoms with E-state index in [0.29, 0.717) is 15.6 Å². The zero-order valence-electron chi connectivity index (χ0n) is 17.4. The van der Waals surface area contributed by atoms with Gasteiger partial charge in [-0.25, -0.2) is 9.29 Å². The molecule has 0 N–H and O–H groups in total. The molecule has 0 aliphatic carbocycles. The van der Waals surface area contributed by atoms with E-state index in [4.69, 9.17) is 23.2 Å². The number of anilines is 1. The van der Waals surface area contributed by atoms with Gasteiger partial charge in [-0.15, -0.1) is 0 Å². The van der Waals surface area contributed by atoms with E-state index >= 15 is 0 Å². The minimum Gasteiger partial charge on any atom is -0.325 e. The Bertz CT molecular complexity index is 1200. The van der Waals surface area contributed by atoms with Crippen LogP contribution in [0.25, 0.3) is 0 Å². The van der Waals surface area contributed by atoms with Crippen LogP contribution in [0.5, 0.6) is 0 Å². The number of amides is 3. The molecule has 1 aliphatic heterocycles. The normalized spacial score (nSPS) is 15.7. The third kappa shape index (κ3) is 5.07. The summed E-state index contributed by atoms with van der Waals surface area (Å²) in [7, 11) is 0. The van der Waals surface area contributed by atoms with Gasteiger partial charge in [-0.2, -0.15) is 0 Å². The summed E-state index contributed by atoms with van der Waals surface area (Å²) in [4.78, 5) is 41.8. The summed E-state index contributed by atoms with van der Waals surface area (Å²) in [5.74, 6) is -1.81. The zero-order chi connectivity index (χ0) is 23.5. The molecule has 8 heteroatoms. The average Bonchev–Trinajstić information content (AvgIpc) is 3.09. The van der Waals surface area contributed by atoms with Gasteiger partial charge in [0.05, 0.1) is 18.5 Å². The number of benzene rings is 3. The molecule has 1 saturated heterocycles. The summed E-state index contributed by atoms with van der Waals surface area (Å²) in [6.07, 6.45) is -0.150. The maximum atomic E-state index is 13.4. The minimum atomic E-state index is -1.00. The van der Waals surface area contributed by atoms with Gasteiger partial charge in [0.15, 0.2) is 0 Å². The molecule has 5 nitrogen and oxygen atoms in total. The van der Waals surface area contributed by atoms with Gasteiger partial charge in [-0.05, 0) is 53.6 Å². The van der Waals surface area contributed by atoms with E-state index in [9.17, 15) is 18.8 Å². The maximum Gasteiger partial charge on any atom is 0.257 e. The molecule has 3 aromatic rings. The summed E-state index contributed by atoms with van der Waals surface area (Å²) in [6, 6.07) is 17.9. The van der Waals surface area contributed by atoms with Crippen LogP contribution in [0.15, 0.2) is 72.8 Å². The molecule has 0 aromatic heterocycles. The highest BCUT2D eigenvalue weighted by atomic mass is 35.5. The molecule has 33 heavy (non-hydrogen) atoms. The molecule has 3 amide bonds. The SMILES string of the molecule is O=C1CC(N(Cc2ccccc2Cl)C(=O)Cc2ccc(Cl)cc2)C(=O)N1c1ccc(F)cc1. The number of nitrogens with zero attached hydrogens (tertiary/aromatic N) is 2. The molecule has 168 valence electrons. The molecular weight excluding hydrogens is 466 g/mol. The Morgan fingerprint density at radius 1 is 0.970 bits per heavy atom. The van der Waals surface area contributed by atoms with Crippen LogP contribution < -0.4 is 4.90 Å². The maximum absolute atomic E-state index is 13.4. The highest BCUT2D eigenvalue weighted by molar-refractivity contribution is 6.31. The van der Waals surface area contributed by atoms with Gasteiger partial charge in [0, 0.05) is 16.6 Å². The molecule has 3 aromatic carbocycles. The Hall–Kier alpha value is -3.22. The van der Waals surface area contributed by atoms with Crippen molar-refractivity contribution in [1.82, 2.24) is 4.90 Å². The lowest BCUT2D eigenvalue weighted by molar-refractivity contribution is -0.138. The summed E-state index contributed by atoms with van der Waals surface area (Å²) in [5, 5.41) is 1.000. The second-order valence-corrected chi connectivity index (χ2v) is 8.52. The first-order valence-electron chi connectivity index (χ1n) is 10.2. The molecule has 0 saturated carbocycles. The van der Waals surface area contributed by atoms with E-state index in [1.54, 1.807) is 48.5 Å². The molecule has 1 unspecified atom stereocenters. The van der Waals surface area contributed by atoms with Gasteiger partial charge in [-0.3, -0.25) is 14.4 Å². The van der Waals surface area contributed by atoms with Crippen molar-refractivity contribution in [1.29, 1.82) is 0 Å². The Morgan fingerprint density at radius 3 is 2.30 bits per heavy atom. The molecule has 4 rings (SSSR count). The molecule has 1 aliphatic rings. The lowest BCUT2D eigenvalue weighted by Crippen LogP contribution is -2.45. The van der Waals surface area contributed by atoms with Crippen molar-refractivity contribution in [2.45, 2.75) is 25.4 Å². The molecule has 1 heterocycles. The van der Waals surface area contributed by atoms with Gasteiger partial charge in [-0.1, -0.05) is 53.5 Å². The third-order valence-corrected chi connectivity index (χ3v) is 6.09. The smallest absolute Gasteiger partial charge is 0.257 e. The van der Waals surface area contributed by atoms with Gasteiger partial charge < -0.3 is 4.90 Å². The van der Waals surface area contributed by atoms with Crippen molar-refractivity contribution >= 4 is 46.6 Å². The van der Waals surface area contributed by atoms with Gasteiger partial charge in [0.25, 0.3) is 5.91 Å². The highest BCUT2D eigenvalue weighted by Crippen LogP contribution is 2.28. The van der Waals surface area contributed by atoms with Crippen LogP contribution in [-0.4, -0.2) is 28.7 Å². The van der Waals surface area contributed by atoms with Crippen LogP contribution in [0.3, 0.4) is 0 Å². The first-order valence-corrected chi connectivity index (χ1v) is 11.0. The zero-order valence-corrected chi connectivity index (χ0v) is 18.9. The largest absolute Gasteiger partial charge is 0.325 e. The molecular formula is C25H19Cl2FN2O3. The average molecular weight is 485 g/mol. The summed E-state index contributed by atoms with van der Waals surface area (Å²) >= 11 is 12.2. The van der Waals surface area contributed by atoms with Gasteiger partial charge in [0.2, 0.25) is 11.8 Å². The topological polar surface area (TPSA) is 57.7 Å². The fourth-order valence-corrected chi connectivity index (χ4v) is 4.10. The second-order valence-electron chi connectivity index (χ2n) is 7.68. The van der Waals surface area contributed by atoms with E-state index in [1.807, 2.05) is 0 Å². The van der Waals surface area contributed by atoms with Crippen molar-refractivity contribution in [3.8, 4) is 0 Å². The summed E-state index contributed by atoms with van der Waals surface area (Å²) in [5.41, 5.74) is 1.64. The highest BCUT2D eigenvalue weighted by Gasteiger charge is 2.44. The molecule has 0 bridgehead atoms. The van der Waals surface area contributed by atoms with Crippen LogP contribution in [0.2, 0.25) is 10.0 Å². The Balaban J connectivity index is 1.64. The number of hydrogen-bond acceptors (Lipinski definition) is 3. The summed E-state index contributed by atoms with van der Waals surface area (Å²) < 4.78 is 13.3. The summed E-state index contributed by atoms with van der Waals surface area (Å²) in [6.45, 7) is 0.0625. The standard InChI is InChI=1S/C25H19Cl2FN2O3/c26-18-7-5-16(6-8-18)13-23(31)29(15-17-3-1-2-4-21(17)27)22-14-24(32)30(25(22)33)20-11-9-19(28)10-12-20/h1-12,22H,13-15H2. The van der Waals surface area contributed by atoms with Crippen LogP contribution in [0.4, 0.5) is 10.1 Å². The number of hydrogen-bond donors (Lipinski definition) is 0. The van der Waals surface area contributed by atoms with Gasteiger partial charge >= 0.3 is 0 Å². The van der Waals surface area contributed by atoms with Crippen molar-refractivity contribution in [2.75, 3.05) is 4.90 Å². The fourth-order valence-electron chi connectivity index (χ4n) is 3.78. The van der Waals surface area contributed by atoms with Crippen LogP contribution in [-0.2, 0) is 27.3 Å². The first-order chi connectivity index (χ1) is 15.8. The molecule has 0 spiro atoms. The second kappa shape index (κ2) is 9.73. The van der Waals surface area contributed by atoms with E-state index in [-0.39, 0.29) is 31.0 Å². The van der Waals surface area contributed by atoms with Crippen molar-refractivity contribution in [2.24, 2.45) is 0 Å². The van der Waals surface area contributed by atoms with E-state index < -0.39 is 23.7 Å². The molecule has 0 radical (unpaired) electrons. The third-order valence-electron chi connectivity index (χ3n) is 5.47. The van der Waals surface area contributed by atoms with E-state index in [2.05, 4.69) is 0 Å².